The number of aryl methyl sites for hydroxylation is 1. The van der Waals surface area contributed by atoms with Gasteiger partial charge in [0.2, 0.25) is 11.9 Å². The summed E-state index contributed by atoms with van der Waals surface area (Å²) < 4.78 is 107. The summed E-state index contributed by atoms with van der Waals surface area (Å²) in [6, 6.07) is 21.0. The molecule has 0 aliphatic carbocycles. The summed E-state index contributed by atoms with van der Waals surface area (Å²) in [6.45, 7) is 13.0. The summed E-state index contributed by atoms with van der Waals surface area (Å²) in [6.07, 6.45) is -9.44. The van der Waals surface area contributed by atoms with Crippen LogP contribution >= 0.6 is 31.9 Å². The van der Waals surface area contributed by atoms with Crippen molar-refractivity contribution in [2.75, 3.05) is 27.4 Å². The average Bonchev–Trinajstić information content (AvgIpc) is 1.72. The quantitative estimate of drug-likeness (QED) is 0.0706. The number of methoxy groups -OCH3 is 2. The van der Waals surface area contributed by atoms with Crippen molar-refractivity contribution < 1.29 is 50.1 Å². The maximum Gasteiger partial charge on any atom is 0.417 e. The van der Waals surface area contributed by atoms with Crippen LogP contribution in [0.5, 0.6) is 11.5 Å². The molecule has 0 N–H and O–H groups in total. The maximum atomic E-state index is 15.5. The van der Waals surface area contributed by atoms with Crippen LogP contribution < -0.4 is 20.6 Å². The molecule has 6 heterocycles. The highest BCUT2D eigenvalue weighted by atomic mass is 79.9. The van der Waals surface area contributed by atoms with Gasteiger partial charge in [-0.05, 0) is 136 Å². The molecule has 0 saturated heterocycles. The number of ether oxygens (including phenoxy) is 3. The molecule has 4 aromatic heterocycles. The van der Waals surface area contributed by atoms with Crippen molar-refractivity contribution in [3.63, 3.8) is 0 Å². The van der Waals surface area contributed by atoms with Crippen LogP contribution in [-0.4, -0.2) is 99.8 Å². The van der Waals surface area contributed by atoms with Crippen LogP contribution in [0.4, 0.5) is 26.3 Å². The molecule has 2 aliphatic rings. The Labute approximate surface area is 512 Å². The molecule has 4 aromatic carbocycles. The Balaban J connectivity index is 1.12. The largest absolute Gasteiger partial charge is 0.497 e. The lowest BCUT2D eigenvalue weighted by molar-refractivity contribution is -0.139. The molecule has 8 aromatic rings. The molecule has 0 spiro atoms. The van der Waals surface area contributed by atoms with Crippen molar-refractivity contribution in [2.45, 2.75) is 117 Å². The van der Waals surface area contributed by atoms with E-state index in [4.69, 9.17) is 34.4 Å². The highest BCUT2D eigenvalue weighted by molar-refractivity contribution is 9.10. The number of aromatic nitrogens is 8. The summed E-state index contributed by atoms with van der Waals surface area (Å²) in [5.41, 5.74) is 1.37. The maximum absolute atomic E-state index is 15.5. The molecule has 2 amide bonds. The number of fused-ring (bicyclic) bond motifs is 2. The van der Waals surface area contributed by atoms with Crippen LogP contribution in [0.2, 0.25) is 0 Å². The number of hydrogen-bond donors (Lipinski definition) is 0. The first kappa shape index (κ1) is 62.2. The summed E-state index contributed by atoms with van der Waals surface area (Å²) >= 11 is 5.93. The van der Waals surface area contributed by atoms with E-state index in [1.165, 1.54) is 57.4 Å². The number of alkyl halides is 6. The zero-order valence-electron chi connectivity index (χ0n) is 48.8. The van der Waals surface area contributed by atoms with Crippen molar-refractivity contribution in [3.05, 3.63) is 194 Å². The Bertz CT molecular complexity index is 4120. The van der Waals surface area contributed by atoms with E-state index >= 15 is 9.59 Å². The van der Waals surface area contributed by atoms with Crippen molar-refractivity contribution >= 4 is 43.7 Å². The van der Waals surface area contributed by atoms with Gasteiger partial charge in [0.05, 0.1) is 77.8 Å². The first-order chi connectivity index (χ1) is 41.2. The average molecular weight is 1330 g/mol. The van der Waals surface area contributed by atoms with Crippen LogP contribution in [0.1, 0.15) is 136 Å². The fourth-order valence-electron chi connectivity index (χ4n) is 10.8. The third kappa shape index (κ3) is 12.3. The van der Waals surface area contributed by atoms with E-state index in [0.29, 0.717) is 56.8 Å². The van der Waals surface area contributed by atoms with E-state index in [2.05, 4.69) is 31.9 Å². The molecule has 0 fully saturated rings. The van der Waals surface area contributed by atoms with E-state index in [0.717, 1.165) is 12.1 Å². The molecular weight excluding hydrogens is 1270 g/mol. The highest BCUT2D eigenvalue weighted by Gasteiger charge is 2.39. The summed E-state index contributed by atoms with van der Waals surface area (Å²) in [7, 11) is 3.05. The SMILES string of the molecule is COCCOc1ccc(-n2c(-n3nc(C(C)C)cc3C)nc3c(c2=O)C[C@@H](C)N(C(=O)c2ccc(Br)c(C(F)(F)F)c2)C3)cc1Cc1cc(C(C)C)nn1-c1nc2c(c(=O)n1-c1ccc(OC)cc1)C[C@@H](C)N(C(=O)c1ccc(Br)c(C(F)(F)F)c1)C2. The zero-order chi connectivity index (χ0) is 62.7. The summed E-state index contributed by atoms with van der Waals surface area (Å²) in [5, 5.41) is 10.0. The Morgan fingerprint density at radius 1 is 0.632 bits per heavy atom. The topological polar surface area (TPSA) is 174 Å². The number of hydrogen-bond acceptors (Lipinski definition) is 11. The van der Waals surface area contributed by atoms with Gasteiger partial charge in [-0.25, -0.2) is 28.5 Å². The monoisotopic (exact) mass is 1330 g/mol. The zero-order valence-corrected chi connectivity index (χ0v) is 51.9. The Kier molecular flexibility index (Phi) is 17.4. The van der Waals surface area contributed by atoms with E-state index < -0.39 is 58.5 Å². The van der Waals surface area contributed by atoms with Gasteiger partial charge in [-0.3, -0.25) is 19.2 Å². The Morgan fingerprint density at radius 2 is 1.11 bits per heavy atom. The molecule has 25 heteroatoms. The van der Waals surface area contributed by atoms with Gasteiger partial charge in [-0.15, -0.1) is 0 Å². The molecule has 17 nitrogen and oxygen atoms in total. The van der Waals surface area contributed by atoms with Crippen LogP contribution in [0.15, 0.2) is 110 Å². The van der Waals surface area contributed by atoms with Crippen molar-refractivity contribution in [3.8, 4) is 34.8 Å². The molecule has 2 aliphatic heterocycles. The lowest BCUT2D eigenvalue weighted by Gasteiger charge is -2.35. The van der Waals surface area contributed by atoms with Crippen molar-refractivity contribution in [2.24, 2.45) is 0 Å². The molecule has 2 atom stereocenters. The normalized spacial score (nSPS) is 15.3. The molecule has 0 bridgehead atoms. The minimum atomic E-state index is -4.75. The number of benzene rings is 4. The van der Waals surface area contributed by atoms with Gasteiger partial charge < -0.3 is 24.0 Å². The second-order valence-electron chi connectivity index (χ2n) is 22.2. The third-order valence-corrected chi connectivity index (χ3v) is 17.0. The first-order valence-electron chi connectivity index (χ1n) is 27.9. The lowest BCUT2D eigenvalue weighted by atomic mass is 9.98. The molecule has 456 valence electrons. The minimum Gasteiger partial charge on any atom is -0.497 e. The molecular formula is C62H60Br2F6N10O7. The molecule has 87 heavy (non-hydrogen) atoms. The van der Waals surface area contributed by atoms with Crippen LogP contribution in [-0.2, 0) is 49.4 Å². The minimum absolute atomic E-state index is 0.00510. The molecule has 0 unspecified atom stereocenters. The van der Waals surface area contributed by atoms with E-state index in [9.17, 15) is 35.9 Å². The Hall–Kier alpha value is -7.90. The predicted octanol–water partition coefficient (Wildman–Crippen LogP) is 12.1. The number of carbonyl (C=O) groups is 2. The van der Waals surface area contributed by atoms with Gasteiger partial charge in [0.1, 0.15) is 18.1 Å². The van der Waals surface area contributed by atoms with Crippen LogP contribution in [0.3, 0.4) is 0 Å². The number of nitrogens with zero attached hydrogens (tertiary/aromatic N) is 10. The van der Waals surface area contributed by atoms with E-state index in [1.54, 1.807) is 65.7 Å². The number of amides is 2. The third-order valence-electron chi connectivity index (χ3n) is 15.6. The van der Waals surface area contributed by atoms with Crippen LogP contribution in [0, 0.1) is 6.92 Å². The number of carbonyl (C=O) groups excluding carboxylic acids is 2. The van der Waals surface area contributed by atoms with E-state index in [1.807, 2.05) is 46.8 Å². The second kappa shape index (κ2) is 24.3. The number of halogens is 8. The second-order valence-corrected chi connectivity index (χ2v) is 23.9. The predicted molar refractivity (Wildman–Crippen MR) is 318 cm³/mol. The van der Waals surface area contributed by atoms with Crippen molar-refractivity contribution in [1.29, 1.82) is 0 Å². The number of rotatable bonds is 15. The summed E-state index contributed by atoms with van der Waals surface area (Å²) in [4.78, 5) is 72.3. The fraction of sp³-hybridized carbons (Fsp3) is 0.355. The smallest absolute Gasteiger partial charge is 0.417 e. The summed E-state index contributed by atoms with van der Waals surface area (Å²) in [5.74, 6) is -0.565. The van der Waals surface area contributed by atoms with Gasteiger partial charge in [0.25, 0.3) is 22.9 Å². The molecule has 0 radical (unpaired) electrons. The van der Waals surface area contributed by atoms with E-state index in [-0.39, 0.29) is 106 Å². The standard InChI is InChI=1S/C62H60Br2F6N10O7/c1-32(2)50-24-36(7)79(73-50)59-71-52-30-75(55(81)37-10-17-48(63)46(27-37)61(65,66)67)35(6)23-45(52)58(84)78(59)41-14-19-54(87-21-20-85-8)39(25-41)26-42-29-51(33(3)4)74-80(42)60-72-53-31-76(56(82)38-11-18-49(64)47(28-38)62(68,69)70)34(5)22-44(53)57(83)77(60)40-12-15-43(86-9)16-13-40/h10-19,24-25,27-29,32-35H,20-23,26,30-31H2,1-9H3/t34-,35-/m1/s1. The van der Waals surface area contributed by atoms with Gasteiger partial charge in [-0.1, -0.05) is 59.6 Å². The van der Waals surface area contributed by atoms with Gasteiger partial charge >= 0.3 is 12.4 Å². The van der Waals surface area contributed by atoms with Gasteiger partial charge in [0, 0.05) is 68.1 Å². The molecule has 10 rings (SSSR count). The highest BCUT2D eigenvalue weighted by Crippen LogP contribution is 2.39. The fourth-order valence-corrected chi connectivity index (χ4v) is 11.8. The van der Waals surface area contributed by atoms with Gasteiger partial charge in [0.15, 0.2) is 0 Å². The first-order valence-corrected chi connectivity index (χ1v) is 29.5. The van der Waals surface area contributed by atoms with Gasteiger partial charge in [-0.2, -0.15) is 36.5 Å². The van der Waals surface area contributed by atoms with Crippen molar-refractivity contribution in [1.82, 2.24) is 48.5 Å². The Morgan fingerprint density at radius 3 is 1.60 bits per heavy atom. The lowest BCUT2D eigenvalue weighted by Crippen LogP contribution is -2.46. The van der Waals surface area contributed by atoms with Crippen LogP contribution in [0.25, 0.3) is 23.3 Å². The molecule has 0 saturated carbocycles.